The molecule has 1 amide bonds. The van der Waals surface area contributed by atoms with Crippen LogP contribution < -0.4 is 10.9 Å². The Labute approximate surface area is 207 Å². The van der Waals surface area contributed by atoms with E-state index in [1.807, 2.05) is 54.6 Å². The molecule has 5 aromatic rings. The number of rotatable bonds is 7. The van der Waals surface area contributed by atoms with Crippen LogP contribution in [0.15, 0.2) is 96.3 Å². The molecule has 2 aromatic carbocycles. The molecule has 0 aliphatic carbocycles. The van der Waals surface area contributed by atoms with Crippen LogP contribution in [-0.4, -0.2) is 20.4 Å². The third kappa shape index (κ3) is 5.34. The molecule has 0 fully saturated rings. The zero-order valence-electron chi connectivity index (χ0n) is 18.9. The topological polar surface area (TPSA) is 79.8 Å². The third-order valence-electron chi connectivity index (χ3n) is 5.89. The van der Waals surface area contributed by atoms with Crippen LogP contribution in [0.5, 0.6) is 0 Å². The molecule has 0 saturated heterocycles. The molecule has 35 heavy (non-hydrogen) atoms. The lowest BCUT2D eigenvalue weighted by Gasteiger charge is -2.09. The van der Waals surface area contributed by atoms with Crippen molar-refractivity contribution in [2.75, 3.05) is 0 Å². The summed E-state index contributed by atoms with van der Waals surface area (Å²) in [7, 11) is 0. The van der Waals surface area contributed by atoms with E-state index in [1.54, 1.807) is 41.5 Å². The molecule has 2 N–H and O–H groups in total. The van der Waals surface area contributed by atoms with E-state index in [0.717, 1.165) is 33.2 Å². The second-order valence-electron chi connectivity index (χ2n) is 8.44. The highest BCUT2D eigenvalue weighted by atomic mass is 35.5. The van der Waals surface area contributed by atoms with Gasteiger partial charge in [-0.2, -0.15) is 0 Å². The minimum absolute atomic E-state index is 0.0217. The van der Waals surface area contributed by atoms with Crippen LogP contribution in [0.4, 0.5) is 0 Å². The van der Waals surface area contributed by atoms with Crippen molar-refractivity contribution in [2.45, 2.75) is 19.5 Å². The molecular weight excluding hydrogens is 460 g/mol. The Kier molecular flexibility index (Phi) is 6.46. The van der Waals surface area contributed by atoms with Gasteiger partial charge in [-0.25, -0.2) is 0 Å². The summed E-state index contributed by atoms with van der Waals surface area (Å²) in [6.07, 6.45) is 7.54. The van der Waals surface area contributed by atoms with E-state index in [0.29, 0.717) is 30.1 Å². The molecule has 0 atom stereocenters. The maximum Gasteiger partial charge on any atom is 0.253 e. The number of carbonyl (C=O) groups excluding carboxylic acids is 1. The van der Waals surface area contributed by atoms with Crippen molar-refractivity contribution in [1.29, 1.82) is 0 Å². The van der Waals surface area contributed by atoms with Crippen molar-refractivity contribution < 1.29 is 4.79 Å². The average Bonchev–Trinajstić information content (AvgIpc) is 3.25. The van der Waals surface area contributed by atoms with Gasteiger partial charge >= 0.3 is 0 Å². The zero-order chi connectivity index (χ0) is 24.2. The van der Waals surface area contributed by atoms with E-state index in [1.165, 1.54) is 0 Å². The Hall–Kier alpha value is -4.16. The number of hydrogen-bond donors (Lipinski definition) is 2. The number of nitrogens with one attached hydrogen (secondary N) is 2. The first kappa shape index (κ1) is 22.6. The molecule has 0 aliphatic rings. The summed E-state index contributed by atoms with van der Waals surface area (Å²) in [4.78, 5) is 32.0. The summed E-state index contributed by atoms with van der Waals surface area (Å²) in [5.41, 5.74) is 5.52. The number of aromatic nitrogens is 3. The number of amides is 1. The fraction of sp³-hybridized carbons (Fsp3) is 0.107. The Morgan fingerprint density at radius 2 is 1.74 bits per heavy atom. The van der Waals surface area contributed by atoms with Crippen LogP contribution in [0, 0.1) is 0 Å². The Bertz CT molecular complexity index is 1550. The number of hydrogen-bond acceptors (Lipinski definition) is 3. The van der Waals surface area contributed by atoms with Crippen molar-refractivity contribution >= 4 is 28.4 Å². The molecule has 0 bridgehead atoms. The monoisotopic (exact) mass is 482 g/mol. The van der Waals surface area contributed by atoms with Crippen molar-refractivity contribution in [3.63, 3.8) is 0 Å². The molecule has 6 nitrogen and oxygen atoms in total. The van der Waals surface area contributed by atoms with Crippen molar-refractivity contribution in [3.8, 4) is 0 Å². The number of carbonyl (C=O) groups is 1. The fourth-order valence-electron chi connectivity index (χ4n) is 4.02. The smallest absolute Gasteiger partial charge is 0.253 e. The number of aromatic amines is 1. The first-order chi connectivity index (χ1) is 17.0. The number of nitrogens with zero attached hydrogens (tertiary/aromatic N) is 2. The van der Waals surface area contributed by atoms with Gasteiger partial charge in [0.25, 0.3) is 11.5 Å². The van der Waals surface area contributed by atoms with E-state index in [4.69, 9.17) is 11.6 Å². The van der Waals surface area contributed by atoms with Crippen LogP contribution in [0.3, 0.4) is 0 Å². The summed E-state index contributed by atoms with van der Waals surface area (Å²) < 4.78 is 1.67. The van der Waals surface area contributed by atoms with Crippen LogP contribution in [0.25, 0.3) is 10.9 Å². The lowest BCUT2D eigenvalue weighted by Crippen LogP contribution is -2.23. The number of halogens is 1. The zero-order valence-corrected chi connectivity index (χ0v) is 19.6. The van der Waals surface area contributed by atoms with Crippen molar-refractivity contribution in [3.05, 3.63) is 135 Å². The fourth-order valence-corrected chi connectivity index (χ4v) is 4.23. The Morgan fingerprint density at radius 1 is 0.943 bits per heavy atom. The minimum Gasteiger partial charge on any atom is -0.360 e. The van der Waals surface area contributed by atoms with Crippen LogP contribution in [0.2, 0.25) is 5.02 Å². The summed E-state index contributed by atoms with van der Waals surface area (Å²) in [5.74, 6) is -0.178. The van der Waals surface area contributed by atoms with Crippen LogP contribution in [-0.2, 0) is 19.5 Å². The lowest BCUT2D eigenvalue weighted by atomic mass is 10.0. The highest BCUT2D eigenvalue weighted by Gasteiger charge is 2.09. The van der Waals surface area contributed by atoms with Gasteiger partial charge in [0.15, 0.2) is 0 Å². The molecule has 174 valence electrons. The molecule has 5 rings (SSSR count). The standard InChI is InChI=1S/C28H23ClN4O2/c29-25-17-31-26-9-8-21(13-24(25)26)15-32-28(35)23-12-22(14-30-16-23)11-19-4-6-20(7-5-19)18-33-10-2-1-3-27(33)34/h1-10,12-14,16-17,31H,11,15,18H2,(H,32,35). The van der Waals surface area contributed by atoms with Gasteiger partial charge in [-0.1, -0.05) is 48.0 Å². The van der Waals surface area contributed by atoms with Gasteiger partial charge in [-0.05, 0) is 52.9 Å². The van der Waals surface area contributed by atoms with Crippen LogP contribution >= 0.6 is 11.6 Å². The Morgan fingerprint density at radius 3 is 2.57 bits per heavy atom. The first-order valence-corrected chi connectivity index (χ1v) is 11.6. The average molecular weight is 483 g/mol. The summed E-state index contributed by atoms with van der Waals surface area (Å²) >= 11 is 6.20. The van der Waals surface area contributed by atoms with Gasteiger partial charge < -0.3 is 14.9 Å². The van der Waals surface area contributed by atoms with Gasteiger partial charge in [0.05, 0.1) is 17.1 Å². The molecule has 3 aromatic heterocycles. The second-order valence-corrected chi connectivity index (χ2v) is 8.85. The van der Waals surface area contributed by atoms with Crippen molar-refractivity contribution in [2.24, 2.45) is 0 Å². The lowest BCUT2D eigenvalue weighted by molar-refractivity contribution is 0.0950. The maximum atomic E-state index is 12.7. The van der Waals surface area contributed by atoms with Crippen molar-refractivity contribution in [1.82, 2.24) is 19.9 Å². The van der Waals surface area contributed by atoms with E-state index < -0.39 is 0 Å². The van der Waals surface area contributed by atoms with Gasteiger partial charge in [0.2, 0.25) is 0 Å². The minimum atomic E-state index is -0.178. The largest absolute Gasteiger partial charge is 0.360 e. The van der Waals surface area contributed by atoms with E-state index in [2.05, 4.69) is 15.3 Å². The molecule has 0 unspecified atom stereocenters. The molecular formula is C28H23ClN4O2. The Balaban J connectivity index is 1.22. The second kappa shape index (κ2) is 9.99. The number of pyridine rings is 2. The highest BCUT2D eigenvalue weighted by Crippen LogP contribution is 2.24. The summed E-state index contributed by atoms with van der Waals surface area (Å²) in [6.45, 7) is 0.923. The number of benzene rings is 2. The molecule has 0 saturated carbocycles. The third-order valence-corrected chi connectivity index (χ3v) is 6.20. The summed E-state index contributed by atoms with van der Waals surface area (Å²) in [6, 6.07) is 21.0. The highest BCUT2D eigenvalue weighted by molar-refractivity contribution is 6.35. The summed E-state index contributed by atoms with van der Waals surface area (Å²) in [5, 5.41) is 4.55. The maximum absolute atomic E-state index is 12.7. The van der Waals surface area contributed by atoms with E-state index in [-0.39, 0.29) is 11.5 Å². The molecule has 0 spiro atoms. The SMILES string of the molecule is O=C(NCc1ccc2[nH]cc(Cl)c2c1)c1cncc(Cc2ccc(Cn3ccccc3=O)cc2)c1. The number of H-pyrrole nitrogens is 1. The molecule has 3 heterocycles. The van der Waals surface area contributed by atoms with Gasteiger partial charge in [0.1, 0.15) is 0 Å². The predicted molar refractivity (Wildman–Crippen MR) is 138 cm³/mol. The van der Waals surface area contributed by atoms with Gasteiger partial charge in [-0.15, -0.1) is 0 Å². The quantitative estimate of drug-likeness (QED) is 0.344. The predicted octanol–water partition coefficient (Wildman–Crippen LogP) is 4.95. The van der Waals surface area contributed by atoms with Gasteiger partial charge in [-0.3, -0.25) is 14.6 Å². The molecule has 0 radical (unpaired) electrons. The van der Waals surface area contributed by atoms with Gasteiger partial charge in [0, 0.05) is 48.3 Å². The molecule has 7 heteroatoms. The van der Waals surface area contributed by atoms with E-state index in [9.17, 15) is 9.59 Å². The normalized spacial score (nSPS) is 11.0. The number of fused-ring (bicyclic) bond motifs is 1. The molecule has 0 aliphatic heterocycles. The van der Waals surface area contributed by atoms with Crippen LogP contribution in [0.1, 0.15) is 32.6 Å². The first-order valence-electron chi connectivity index (χ1n) is 11.3. The van der Waals surface area contributed by atoms with E-state index >= 15 is 0 Å².